The summed E-state index contributed by atoms with van der Waals surface area (Å²) in [6.07, 6.45) is 0.670. The molecule has 2 atom stereocenters. The number of hydrogen-bond donors (Lipinski definition) is 1. The summed E-state index contributed by atoms with van der Waals surface area (Å²) in [5, 5.41) is 0. The highest BCUT2D eigenvalue weighted by atomic mass is 19.2. The lowest BCUT2D eigenvalue weighted by molar-refractivity contribution is 0.467. The van der Waals surface area contributed by atoms with Crippen molar-refractivity contribution in [3.8, 4) is 0 Å². The van der Waals surface area contributed by atoms with E-state index in [0.717, 1.165) is 11.6 Å². The van der Waals surface area contributed by atoms with Crippen LogP contribution in [0.15, 0.2) is 42.5 Å². The highest BCUT2D eigenvalue weighted by Gasteiger charge is 2.24. The summed E-state index contributed by atoms with van der Waals surface area (Å²) in [6.45, 7) is 1.93. The van der Waals surface area contributed by atoms with Gasteiger partial charge >= 0.3 is 0 Å². The molecule has 0 saturated heterocycles. The van der Waals surface area contributed by atoms with Gasteiger partial charge < -0.3 is 5.73 Å². The molecule has 0 bridgehead atoms. The van der Waals surface area contributed by atoms with Gasteiger partial charge in [-0.3, -0.25) is 0 Å². The summed E-state index contributed by atoms with van der Waals surface area (Å²) < 4.78 is 40.1. The van der Waals surface area contributed by atoms with Gasteiger partial charge in [-0.05, 0) is 18.1 Å². The second-order valence-corrected chi connectivity index (χ2v) is 4.74. The Morgan fingerprint density at radius 1 is 0.950 bits per heavy atom. The highest BCUT2D eigenvalue weighted by Crippen LogP contribution is 2.33. The second-order valence-electron chi connectivity index (χ2n) is 4.74. The quantitative estimate of drug-likeness (QED) is 0.830. The number of nitrogens with two attached hydrogens (primary N) is 1. The molecule has 0 aromatic heterocycles. The maximum absolute atomic E-state index is 13.8. The SMILES string of the molecule is CCC(c1ccccc1)C(N)c1cc(F)c(F)cc1F. The number of benzene rings is 2. The Morgan fingerprint density at radius 2 is 1.55 bits per heavy atom. The maximum atomic E-state index is 13.8. The molecular weight excluding hydrogens is 263 g/mol. The van der Waals surface area contributed by atoms with E-state index < -0.39 is 23.5 Å². The van der Waals surface area contributed by atoms with Crippen molar-refractivity contribution < 1.29 is 13.2 Å². The van der Waals surface area contributed by atoms with Crippen LogP contribution in [-0.4, -0.2) is 0 Å². The van der Waals surface area contributed by atoms with Crippen LogP contribution in [0.5, 0.6) is 0 Å². The molecule has 0 saturated carbocycles. The van der Waals surface area contributed by atoms with Crippen molar-refractivity contribution in [3.05, 3.63) is 71.0 Å². The van der Waals surface area contributed by atoms with Gasteiger partial charge in [0, 0.05) is 23.6 Å². The molecule has 2 N–H and O–H groups in total. The molecule has 106 valence electrons. The van der Waals surface area contributed by atoms with Crippen molar-refractivity contribution >= 4 is 0 Å². The molecule has 2 rings (SSSR count). The zero-order valence-corrected chi connectivity index (χ0v) is 11.1. The van der Waals surface area contributed by atoms with E-state index in [1.165, 1.54) is 0 Å². The van der Waals surface area contributed by atoms with Crippen LogP contribution in [0, 0.1) is 17.5 Å². The smallest absolute Gasteiger partial charge is 0.161 e. The Hall–Kier alpha value is -1.81. The Balaban J connectivity index is 2.39. The van der Waals surface area contributed by atoms with Gasteiger partial charge in [-0.15, -0.1) is 0 Å². The van der Waals surface area contributed by atoms with E-state index in [0.29, 0.717) is 12.5 Å². The fourth-order valence-electron chi connectivity index (χ4n) is 2.41. The summed E-state index contributed by atoms with van der Waals surface area (Å²) >= 11 is 0. The molecule has 2 aromatic rings. The molecule has 0 fully saturated rings. The monoisotopic (exact) mass is 279 g/mol. The van der Waals surface area contributed by atoms with Gasteiger partial charge in [-0.2, -0.15) is 0 Å². The van der Waals surface area contributed by atoms with E-state index in [4.69, 9.17) is 5.73 Å². The van der Waals surface area contributed by atoms with Crippen molar-refractivity contribution in [1.29, 1.82) is 0 Å². The first kappa shape index (κ1) is 14.6. The molecular formula is C16H16F3N. The summed E-state index contributed by atoms with van der Waals surface area (Å²) in [5.74, 6) is -3.26. The van der Waals surface area contributed by atoms with Gasteiger partial charge in [0.05, 0.1) is 0 Å². The van der Waals surface area contributed by atoms with Crippen molar-refractivity contribution in [1.82, 2.24) is 0 Å². The first-order chi connectivity index (χ1) is 9.54. The fraction of sp³-hybridized carbons (Fsp3) is 0.250. The van der Waals surface area contributed by atoms with E-state index >= 15 is 0 Å². The topological polar surface area (TPSA) is 26.0 Å². The zero-order valence-electron chi connectivity index (χ0n) is 11.1. The molecule has 0 amide bonds. The third-order valence-corrected chi connectivity index (χ3v) is 3.50. The largest absolute Gasteiger partial charge is 0.323 e. The van der Waals surface area contributed by atoms with Crippen LogP contribution in [0.4, 0.5) is 13.2 Å². The summed E-state index contributed by atoms with van der Waals surface area (Å²) in [7, 11) is 0. The van der Waals surface area contributed by atoms with E-state index in [1.54, 1.807) is 0 Å². The van der Waals surface area contributed by atoms with Crippen LogP contribution in [0.25, 0.3) is 0 Å². The molecule has 0 radical (unpaired) electrons. The van der Waals surface area contributed by atoms with E-state index in [-0.39, 0.29) is 11.5 Å². The lowest BCUT2D eigenvalue weighted by Crippen LogP contribution is -2.21. The molecule has 1 nitrogen and oxygen atoms in total. The molecule has 2 unspecified atom stereocenters. The van der Waals surface area contributed by atoms with Crippen LogP contribution in [0.1, 0.15) is 36.4 Å². The van der Waals surface area contributed by atoms with Gasteiger partial charge in [-0.1, -0.05) is 37.3 Å². The summed E-state index contributed by atoms with van der Waals surface area (Å²) in [4.78, 5) is 0. The molecule has 0 spiro atoms. The van der Waals surface area contributed by atoms with Gasteiger partial charge in [0.2, 0.25) is 0 Å². The standard InChI is InChI=1S/C16H16F3N/c1-2-11(10-6-4-3-5-7-10)16(20)12-8-14(18)15(19)9-13(12)17/h3-9,11,16H,2,20H2,1H3. The van der Waals surface area contributed by atoms with Gasteiger partial charge in [0.1, 0.15) is 5.82 Å². The van der Waals surface area contributed by atoms with Gasteiger partial charge in [0.15, 0.2) is 11.6 Å². The maximum Gasteiger partial charge on any atom is 0.161 e. The molecule has 0 aliphatic carbocycles. The second kappa shape index (κ2) is 6.09. The Morgan fingerprint density at radius 3 is 2.15 bits per heavy atom. The summed E-state index contributed by atoms with van der Waals surface area (Å²) in [6, 6.07) is 10.1. The first-order valence-corrected chi connectivity index (χ1v) is 6.49. The third kappa shape index (κ3) is 2.85. The van der Waals surface area contributed by atoms with Crippen molar-refractivity contribution in [2.24, 2.45) is 5.73 Å². The minimum absolute atomic E-state index is 0.000368. The third-order valence-electron chi connectivity index (χ3n) is 3.50. The van der Waals surface area contributed by atoms with Crippen molar-refractivity contribution in [3.63, 3.8) is 0 Å². The predicted octanol–water partition coefficient (Wildman–Crippen LogP) is 4.30. The molecule has 2 aromatic carbocycles. The number of halogens is 3. The first-order valence-electron chi connectivity index (χ1n) is 6.49. The van der Waals surface area contributed by atoms with Crippen LogP contribution >= 0.6 is 0 Å². The van der Waals surface area contributed by atoms with Crippen molar-refractivity contribution in [2.75, 3.05) is 0 Å². The zero-order chi connectivity index (χ0) is 14.7. The normalized spacial score (nSPS) is 14.1. The average Bonchev–Trinajstić information content (AvgIpc) is 2.44. The molecule has 0 heterocycles. The van der Waals surface area contributed by atoms with E-state index in [2.05, 4.69) is 0 Å². The van der Waals surface area contributed by atoms with Crippen LogP contribution in [0.3, 0.4) is 0 Å². The Bertz CT molecular complexity index is 584. The fourth-order valence-corrected chi connectivity index (χ4v) is 2.41. The number of rotatable bonds is 4. The lowest BCUT2D eigenvalue weighted by atomic mass is 9.85. The molecule has 20 heavy (non-hydrogen) atoms. The minimum Gasteiger partial charge on any atom is -0.323 e. The van der Waals surface area contributed by atoms with Gasteiger partial charge in [-0.25, -0.2) is 13.2 Å². The van der Waals surface area contributed by atoms with Crippen LogP contribution < -0.4 is 5.73 Å². The Labute approximate surface area is 116 Å². The van der Waals surface area contributed by atoms with E-state index in [9.17, 15) is 13.2 Å². The predicted molar refractivity (Wildman–Crippen MR) is 72.7 cm³/mol. The summed E-state index contributed by atoms with van der Waals surface area (Å²) in [5.41, 5.74) is 7.02. The average molecular weight is 279 g/mol. The highest BCUT2D eigenvalue weighted by molar-refractivity contribution is 5.29. The van der Waals surface area contributed by atoms with Crippen LogP contribution in [-0.2, 0) is 0 Å². The number of hydrogen-bond acceptors (Lipinski definition) is 1. The molecule has 0 aliphatic heterocycles. The molecule has 0 aliphatic rings. The minimum atomic E-state index is -1.20. The lowest BCUT2D eigenvalue weighted by Gasteiger charge is -2.24. The van der Waals surface area contributed by atoms with Gasteiger partial charge in [0.25, 0.3) is 0 Å². The van der Waals surface area contributed by atoms with E-state index in [1.807, 2.05) is 37.3 Å². The molecule has 4 heteroatoms. The van der Waals surface area contributed by atoms with Crippen molar-refractivity contribution in [2.45, 2.75) is 25.3 Å². The Kier molecular flexibility index (Phi) is 4.45. The van der Waals surface area contributed by atoms with Crippen LogP contribution in [0.2, 0.25) is 0 Å².